The fourth-order valence-electron chi connectivity index (χ4n) is 8.65. The number of carbonyl (C=O) groups excluding carboxylic acids is 1. The largest absolute Gasteiger partial charge is 0.427 e. The quantitative estimate of drug-likeness (QED) is 0.228. The van der Waals surface area contributed by atoms with Gasteiger partial charge in [-0.15, -0.1) is 0 Å². The summed E-state index contributed by atoms with van der Waals surface area (Å²) in [7, 11) is 0. The molecule has 218 valence electrons. The molecule has 3 fully saturated rings. The van der Waals surface area contributed by atoms with Crippen LogP contribution in [0.4, 0.5) is 5.69 Å². The first-order chi connectivity index (χ1) is 20.2. The number of fused-ring (bicyclic) bond motifs is 5. The van der Waals surface area contributed by atoms with Gasteiger partial charge in [-0.25, -0.2) is 0 Å². The predicted octanol–water partition coefficient (Wildman–Crippen LogP) is 8.15. The Labute approximate surface area is 245 Å². The maximum Gasteiger partial charge on any atom is 0.308 e. The molecule has 0 bridgehead atoms. The Hall–Kier alpha value is -2.79. The molecule has 3 heterocycles. The van der Waals surface area contributed by atoms with Crippen molar-refractivity contribution in [3.63, 3.8) is 0 Å². The first-order valence-corrected chi connectivity index (χ1v) is 16.6. The normalized spacial score (nSPS) is 21.1. The highest BCUT2D eigenvalue weighted by molar-refractivity contribution is 5.96. The molecule has 2 saturated carbocycles. The van der Waals surface area contributed by atoms with Gasteiger partial charge in [0.25, 0.3) is 0 Å². The average molecular weight is 554 g/mol. The number of benzene rings is 2. The zero-order valence-electron chi connectivity index (χ0n) is 25.0. The number of nitrogens with zero attached hydrogens (tertiary/aromatic N) is 3. The van der Waals surface area contributed by atoms with Gasteiger partial charge in [-0.3, -0.25) is 4.79 Å². The summed E-state index contributed by atoms with van der Waals surface area (Å²) < 4.78 is 8.13. The second-order valence-electron chi connectivity index (χ2n) is 13.2. The molecule has 0 spiro atoms. The van der Waals surface area contributed by atoms with E-state index in [1.807, 2.05) is 6.07 Å². The second kappa shape index (κ2) is 11.8. The van der Waals surface area contributed by atoms with Crippen molar-refractivity contribution < 1.29 is 9.53 Å². The number of aromatic nitrogens is 1. The maximum absolute atomic E-state index is 11.8. The van der Waals surface area contributed by atoms with E-state index in [1.54, 1.807) is 0 Å². The second-order valence-corrected chi connectivity index (χ2v) is 13.2. The van der Waals surface area contributed by atoms with Gasteiger partial charge in [-0.1, -0.05) is 50.3 Å². The van der Waals surface area contributed by atoms with E-state index in [0.717, 1.165) is 31.6 Å². The average Bonchev–Trinajstić information content (AvgIpc) is 3.61. The monoisotopic (exact) mass is 553 g/mol. The molecule has 2 aliphatic heterocycles. The molecular formula is C36H47N3O2. The van der Waals surface area contributed by atoms with Crippen LogP contribution in [-0.2, 0) is 11.3 Å². The van der Waals surface area contributed by atoms with Crippen LogP contribution in [0.2, 0.25) is 0 Å². The van der Waals surface area contributed by atoms with E-state index >= 15 is 0 Å². The zero-order chi connectivity index (χ0) is 27.8. The Morgan fingerprint density at radius 1 is 0.854 bits per heavy atom. The molecule has 5 heteroatoms. The van der Waals surface area contributed by atoms with Crippen LogP contribution in [0.1, 0.15) is 95.5 Å². The fraction of sp³-hybridized carbons (Fsp3) is 0.583. The van der Waals surface area contributed by atoms with Crippen LogP contribution in [0.5, 0.6) is 5.75 Å². The number of rotatable bonds is 6. The van der Waals surface area contributed by atoms with Gasteiger partial charge in [0.2, 0.25) is 0 Å². The van der Waals surface area contributed by atoms with E-state index < -0.39 is 0 Å². The summed E-state index contributed by atoms with van der Waals surface area (Å²) in [5.74, 6) is 1.82. The van der Waals surface area contributed by atoms with Crippen molar-refractivity contribution in [1.82, 2.24) is 9.47 Å². The summed E-state index contributed by atoms with van der Waals surface area (Å²) in [5.41, 5.74) is 6.94. The van der Waals surface area contributed by atoms with Crippen LogP contribution in [0.25, 0.3) is 22.2 Å². The lowest BCUT2D eigenvalue weighted by molar-refractivity contribution is -0.131. The van der Waals surface area contributed by atoms with Gasteiger partial charge in [0.1, 0.15) is 5.75 Å². The molecule has 4 aliphatic rings. The van der Waals surface area contributed by atoms with Gasteiger partial charge in [0.15, 0.2) is 0 Å². The van der Waals surface area contributed by atoms with Gasteiger partial charge in [-0.05, 0) is 93.6 Å². The van der Waals surface area contributed by atoms with E-state index in [2.05, 4.69) is 50.8 Å². The van der Waals surface area contributed by atoms with Gasteiger partial charge in [0, 0.05) is 55.3 Å². The summed E-state index contributed by atoms with van der Waals surface area (Å²) in [5, 5.41) is 1.35. The number of ether oxygens (including phenoxy) is 1. The number of piperidine rings is 1. The third-order valence-corrected chi connectivity index (χ3v) is 10.7. The molecule has 7 rings (SSSR count). The van der Waals surface area contributed by atoms with E-state index in [0.29, 0.717) is 11.7 Å². The lowest BCUT2D eigenvalue weighted by atomic mass is 9.81. The number of para-hydroxylation sites is 1. The van der Waals surface area contributed by atoms with Crippen LogP contribution in [0, 0.1) is 5.92 Å². The molecule has 3 aromatic rings. The van der Waals surface area contributed by atoms with Crippen molar-refractivity contribution in [1.29, 1.82) is 0 Å². The predicted molar refractivity (Wildman–Crippen MR) is 168 cm³/mol. The number of anilines is 1. The maximum atomic E-state index is 11.8. The van der Waals surface area contributed by atoms with Crippen LogP contribution in [0.3, 0.4) is 0 Å². The van der Waals surface area contributed by atoms with Gasteiger partial charge >= 0.3 is 5.97 Å². The number of hydrogen-bond donors (Lipinski definition) is 0. The third-order valence-electron chi connectivity index (χ3n) is 10.7. The van der Waals surface area contributed by atoms with Gasteiger partial charge < -0.3 is 19.1 Å². The Morgan fingerprint density at radius 3 is 2.39 bits per heavy atom. The number of esters is 1. The number of likely N-dealkylation sites (tertiary alicyclic amines) is 1. The molecule has 41 heavy (non-hydrogen) atoms. The van der Waals surface area contributed by atoms with Crippen molar-refractivity contribution in [2.45, 2.75) is 102 Å². The lowest BCUT2D eigenvalue weighted by Gasteiger charge is -2.37. The minimum atomic E-state index is -0.259. The summed E-state index contributed by atoms with van der Waals surface area (Å²) in [6.07, 6.45) is 16.3. The van der Waals surface area contributed by atoms with Crippen molar-refractivity contribution in [3.05, 3.63) is 48.0 Å². The van der Waals surface area contributed by atoms with E-state index in [1.165, 1.54) is 130 Å². The van der Waals surface area contributed by atoms with Crippen LogP contribution < -0.4 is 9.64 Å². The van der Waals surface area contributed by atoms with Crippen molar-refractivity contribution in [2.24, 2.45) is 5.92 Å². The topological polar surface area (TPSA) is 37.7 Å². The molecule has 0 unspecified atom stereocenters. The summed E-state index contributed by atoms with van der Waals surface area (Å²) in [6.45, 7) is 7.19. The van der Waals surface area contributed by atoms with Gasteiger partial charge in [0.05, 0.1) is 11.2 Å². The highest BCUT2D eigenvalue weighted by Gasteiger charge is 2.31. The summed E-state index contributed by atoms with van der Waals surface area (Å²) >= 11 is 0. The van der Waals surface area contributed by atoms with Gasteiger partial charge in [-0.2, -0.15) is 0 Å². The molecule has 2 aliphatic carbocycles. The first kappa shape index (κ1) is 27.1. The molecule has 2 aromatic carbocycles. The van der Waals surface area contributed by atoms with E-state index in [9.17, 15) is 4.79 Å². The van der Waals surface area contributed by atoms with Crippen LogP contribution in [0.15, 0.2) is 42.5 Å². The molecular weight excluding hydrogens is 506 g/mol. The Balaban J connectivity index is 1.18. The lowest BCUT2D eigenvalue weighted by Crippen LogP contribution is -2.40. The van der Waals surface area contributed by atoms with Crippen LogP contribution in [-0.4, -0.2) is 47.7 Å². The molecule has 5 nitrogen and oxygen atoms in total. The summed E-state index contributed by atoms with van der Waals surface area (Å²) in [6, 6.07) is 16.4. The Kier molecular flexibility index (Phi) is 7.81. The standard InChI is InChI=1S/C36H47N3O2/c1-26(40)41-30-15-16-31-34(25-30)39-24-23-38(22-19-27-17-20-37(21-18-27)29-11-5-6-12-29)33-14-8-7-13-32(33)36(39)35(31)28-9-3-2-4-10-28/h7-8,13-16,25,27-29H,2-6,9-12,17-24H2,1H3. The molecule has 0 atom stereocenters. The Morgan fingerprint density at radius 2 is 1.61 bits per heavy atom. The number of hydrogen-bond acceptors (Lipinski definition) is 4. The Bertz CT molecular complexity index is 1370. The smallest absolute Gasteiger partial charge is 0.308 e. The third kappa shape index (κ3) is 5.43. The van der Waals surface area contributed by atoms with Crippen molar-refractivity contribution in [3.8, 4) is 17.0 Å². The first-order valence-electron chi connectivity index (χ1n) is 16.6. The molecule has 1 aromatic heterocycles. The highest BCUT2D eigenvalue weighted by Crippen LogP contribution is 2.48. The fourth-order valence-corrected chi connectivity index (χ4v) is 8.65. The molecule has 1 saturated heterocycles. The number of carbonyl (C=O) groups is 1. The van der Waals surface area contributed by atoms with E-state index in [4.69, 9.17) is 4.74 Å². The highest BCUT2D eigenvalue weighted by atomic mass is 16.5. The molecule has 0 radical (unpaired) electrons. The molecule has 0 amide bonds. The van der Waals surface area contributed by atoms with Crippen molar-refractivity contribution >= 4 is 22.6 Å². The van der Waals surface area contributed by atoms with E-state index in [-0.39, 0.29) is 5.97 Å². The minimum absolute atomic E-state index is 0.259. The SMILES string of the molecule is CC(=O)Oc1ccc2c(C3CCCCC3)c3n(c2c1)CCN(CCC1CCN(C2CCCC2)CC1)c1ccccc1-3. The van der Waals surface area contributed by atoms with Crippen LogP contribution >= 0.6 is 0 Å². The molecule has 0 N–H and O–H groups in total. The minimum Gasteiger partial charge on any atom is -0.427 e. The summed E-state index contributed by atoms with van der Waals surface area (Å²) in [4.78, 5) is 17.3. The zero-order valence-corrected chi connectivity index (χ0v) is 25.0. The van der Waals surface area contributed by atoms with Crippen molar-refractivity contribution in [2.75, 3.05) is 31.1 Å².